The topological polar surface area (TPSA) is 74.2 Å². The van der Waals surface area contributed by atoms with E-state index in [2.05, 4.69) is 15.0 Å². The number of nitrogens with one attached hydrogen (secondary N) is 1. The van der Waals surface area contributed by atoms with E-state index in [4.69, 9.17) is 11.6 Å². The van der Waals surface area contributed by atoms with E-state index < -0.39 is 0 Å². The lowest BCUT2D eigenvalue weighted by Crippen LogP contribution is -2.55. The van der Waals surface area contributed by atoms with Crippen molar-refractivity contribution in [2.45, 2.75) is 32.7 Å². The lowest BCUT2D eigenvalue weighted by atomic mass is 10.2. The predicted octanol–water partition coefficient (Wildman–Crippen LogP) is 2.91. The molecule has 0 aliphatic carbocycles. The Morgan fingerprint density at radius 1 is 1.24 bits per heavy atom. The molecule has 0 spiro atoms. The van der Waals surface area contributed by atoms with Crippen molar-refractivity contribution < 1.29 is 14.3 Å². The minimum Gasteiger partial charge on any atom is -0.469 e. The van der Waals surface area contributed by atoms with Gasteiger partial charge >= 0.3 is 5.97 Å². The number of methoxy groups -OCH3 is 1. The molecule has 0 saturated carbocycles. The maximum atomic E-state index is 12.6. The summed E-state index contributed by atoms with van der Waals surface area (Å²) < 4.78 is 4.64. The highest BCUT2D eigenvalue weighted by Gasteiger charge is 2.25. The summed E-state index contributed by atoms with van der Waals surface area (Å²) in [6, 6.07) is 7.57. The second-order valence-electron chi connectivity index (χ2n) is 6.63. The number of rotatable bonds is 8. The van der Waals surface area contributed by atoms with Crippen molar-refractivity contribution in [1.29, 1.82) is 0 Å². The second-order valence-corrected chi connectivity index (χ2v) is 7.07. The van der Waals surface area contributed by atoms with Crippen LogP contribution in [-0.2, 0) is 20.9 Å². The lowest BCUT2D eigenvalue weighted by Gasteiger charge is -2.36. The maximum absolute atomic E-state index is 12.6. The molecule has 0 bridgehead atoms. The van der Waals surface area contributed by atoms with E-state index >= 15 is 0 Å². The Labute approximate surface area is 194 Å². The van der Waals surface area contributed by atoms with Crippen LogP contribution < -0.4 is 5.32 Å². The molecule has 0 radical (unpaired) electrons. The van der Waals surface area contributed by atoms with Gasteiger partial charge in [0.15, 0.2) is 5.96 Å². The molecule has 1 saturated heterocycles. The van der Waals surface area contributed by atoms with Crippen molar-refractivity contribution in [2.24, 2.45) is 4.99 Å². The molecule has 1 fully saturated rings. The molecule has 29 heavy (non-hydrogen) atoms. The summed E-state index contributed by atoms with van der Waals surface area (Å²) in [5.74, 6) is 0.635. The van der Waals surface area contributed by atoms with E-state index in [1.165, 1.54) is 7.11 Å². The van der Waals surface area contributed by atoms with Gasteiger partial charge in [-0.25, -0.2) is 0 Å². The van der Waals surface area contributed by atoms with Gasteiger partial charge < -0.3 is 19.9 Å². The number of halogens is 2. The van der Waals surface area contributed by atoms with Crippen molar-refractivity contribution in [3.05, 3.63) is 34.9 Å². The maximum Gasteiger partial charge on any atom is 0.305 e. The first-order valence-electron chi connectivity index (χ1n) is 9.65. The minimum atomic E-state index is -0.196. The molecular formula is C20H30ClIN4O3. The number of hydrogen-bond acceptors (Lipinski definition) is 4. The van der Waals surface area contributed by atoms with Crippen LogP contribution in [0.4, 0.5) is 0 Å². The van der Waals surface area contributed by atoms with E-state index in [1.807, 2.05) is 41.0 Å². The largest absolute Gasteiger partial charge is 0.469 e. The average Bonchev–Trinajstić information content (AvgIpc) is 2.69. The van der Waals surface area contributed by atoms with Crippen molar-refractivity contribution in [1.82, 2.24) is 15.1 Å². The van der Waals surface area contributed by atoms with Crippen LogP contribution in [0.15, 0.2) is 29.3 Å². The van der Waals surface area contributed by atoms with Gasteiger partial charge in [-0.3, -0.25) is 14.6 Å². The van der Waals surface area contributed by atoms with Gasteiger partial charge in [-0.05, 0) is 37.5 Å². The summed E-state index contributed by atoms with van der Waals surface area (Å²) in [7, 11) is 1.40. The summed E-state index contributed by atoms with van der Waals surface area (Å²) in [5.41, 5.74) is 1.07. The number of esters is 1. The van der Waals surface area contributed by atoms with Crippen LogP contribution in [0.2, 0.25) is 5.02 Å². The molecule has 0 unspecified atom stereocenters. The number of carbonyl (C=O) groups excluding carboxylic acids is 2. The third kappa shape index (κ3) is 8.77. The number of guanidine groups is 1. The zero-order valence-electron chi connectivity index (χ0n) is 17.0. The number of amides is 1. The molecule has 1 N–H and O–H groups in total. The van der Waals surface area contributed by atoms with Gasteiger partial charge in [0.1, 0.15) is 0 Å². The van der Waals surface area contributed by atoms with E-state index in [-0.39, 0.29) is 35.9 Å². The van der Waals surface area contributed by atoms with Crippen LogP contribution >= 0.6 is 35.6 Å². The fraction of sp³-hybridized carbons (Fsp3) is 0.550. The van der Waals surface area contributed by atoms with Crippen molar-refractivity contribution in [3.63, 3.8) is 0 Å². The Morgan fingerprint density at radius 2 is 1.97 bits per heavy atom. The molecule has 7 nitrogen and oxygen atoms in total. The van der Waals surface area contributed by atoms with Crippen LogP contribution in [0.25, 0.3) is 0 Å². The number of benzene rings is 1. The normalized spacial score (nSPS) is 14.4. The molecule has 1 aromatic carbocycles. The number of aliphatic imine (C=N–C) groups is 1. The third-order valence-electron chi connectivity index (χ3n) is 4.52. The first-order chi connectivity index (χ1) is 13.5. The molecule has 1 aliphatic heterocycles. The fourth-order valence-electron chi connectivity index (χ4n) is 2.96. The molecule has 1 heterocycles. The van der Waals surface area contributed by atoms with Crippen LogP contribution in [0, 0.1) is 0 Å². The van der Waals surface area contributed by atoms with Gasteiger partial charge in [-0.15, -0.1) is 24.0 Å². The molecule has 1 aromatic rings. The molecule has 1 aliphatic rings. The van der Waals surface area contributed by atoms with Crippen LogP contribution in [0.5, 0.6) is 0 Å². The molecule has 0 atom stereocenters. The van der Waals surface area contributed by atoms with Gasteiger partial charge in [-0.1, -0.05) is 23.7 Å². The van der Waals surface area contributed by atoms with E-state index in [9.17, 15) is 9.59 Å². The fourth-order valence-corrected chi connectivity index (χ4v) is 3.09. The number of ether oxygens (including phenoxy) is 1. The summed E-state index contributed by atoms with van der Waals surface area (Å²) in [4.78, 5) is 32.2. The van der Waals surface area contributed by atoms with Crippen molar-refractivity contribution in [3.8, 4) is 0 Å². The van der Waals surface area contributed by atoms with Gasteiger partial charge in [0.05, 0.1) is 13.7 Å². The smallest absolute Gasteiger partial charge is 0.305 e. The summed E-state index contributed by atoms with van der Waals surface area (Å²) in [6.45, 7) is 5.62. The number of carbonyl (C=O) groups is 2. The highest BCUT2D eigenvalue weighted by molar-refractivity contribution is 14.0. The van der Waals surface area contributed by atoms with Gasteiger partial charge in [0.2, 0.25) is 5.91 Å². The van der Waals surface area contributed by atoms with E-state index in [0.717, 1.165) is 37.5 Å². The number of nitrogens with zero attached hydrogens (tertiary/aromatic N) is 3. The Hall–Kier alpha value is -1.55. The quantitative estimate of drug-likeness (QED) is 0.182. The molecule has 162 valence electrons. The predicted molar refractivity (Wildman–Crippen MR) is 126 cm³/mol. The minimum absolute atomic E-state index is 0. The van der Waals surface area contributed by atoms with Crippen LogP contribution in [0.1, 0.15) is 31.7 Å². The van der Waals surface area contributed by atoms with Gasteiger partial charge in [-0.2, -0.15) is 0 Å². The second kappa shape index (κ2) is 13.6. The zero-order chi connectivity index (χ0) is 20.4. The van der Waals surface area contributed by atoms with Crippen molar-refractivity contribution >= 4 is 53.4 Å². The number of unbranched alkanes of at least 4 members (excludes halogenated alkanes) is 1. The summed E-state index contributed by atoms with van der Waals surface area (Å²) >= 11 is 5.92. The van der Waals surface area contributed by atoms with Gasteiger partial charge in [0.25, 0.3) is 0 Å². The summed E-state index contributed by atoms with van der Waals surface area (Å²) in [6.07, 6.45) is 1.95. The standard InChI is InChI=1S/C20H29ClN4O3.HI/c1-3-22-20(23-11-5-4-6-19(27)28-2)25-13-12-24(18(26)15-25)14-16-7-9-17(21)10-8-16;/h7-10H,3-6,11-15H2,1-2H3,(H,22,23);1H. The summed E-state index contributed by atoms with van der Waals surface area (Å²) in [5, 5.41) is 3.95. The average molecular weight is 537 g/mol. The monoisotopic (exact) mass is 536 g/mol. The molecule has 2 rings (SSSR count). The number of hydrogen-bond donors (Lipinski definition) is 1. The van der Waals surface area contributed by atoms with Gasteiger partial charge in [0, 0.05) is 44.2 Å². The number of piperazine rings is 1. The lowest BCUT2D eigenvalue weighted by molar-refractivity contribution is -0.140. The zero-order valence-corrected chi connectivity index (χ0v) is 20.1. The van der Waals surface area contributed by atoms with E-state index in [1.54, 1.807) is 0 Å². The Balaban J connectivity index is 0.00000420. The molecule has 1 amide bonds. The Morgan fingerprint density at radius 3 is 2.59 bits per heavy atom. The Bertz CT molecular complexity index is 685. The van der Waals surface area contributed by atoms with Crippen LogP contribution in [0.3, 0.4) is 0 Å². The first kappa shape index (κ1) is 25.5. The molecule has 9 heteroatoms. The molecular weight excluding hydrogens is 507 g/mol. The van der Waals surface area contributed by atoms with Crippen LogP contribution in [-0.4, -0.2) is 67.5 Å². The SMILES string of the molecule is CCNC(=NCCCCC(=O)OC)N1CCN(Cc2ccc(Cl)cc2)C(=O)C1.I. The highest BCUT2D eigenvalue weighted by Crippen LogP contribution is 2.13. The van der Waals surface area contributed by atoms with Crippen molar-refractivity contribution in [2.75, 3.05) is 39.8 Å². The molecule has 0 aromatic heterocycles. The Kier molecular flexibility index (Phi) is 12.0. The van der Waals surface area contributed by atoms with E-state index in [0.29, 0.717) is 37.6 Å². The first-order valence-corrected chi connectivity index (χ1v) is 10.0. The highest BCUT2D eigenvalue weighted by atomic mass is 127. The third-order valence-corrected chi connectivity index (χ3v) is 4.77.